The zero-order chi connectivity index (χ0) is 42.1. The van der Waals surface area contributed by atoms with Crippen molar-refractivity contribution in [1.29, 1.82) is 0 Å². The Kier molecular flexibility index (Phi) is 12.2. The summed E-state index contributed by atoms with van der Waals surface area (Å²) in [5, 5.41) is 11.4. The quantitative estimate of drug-likeness (QED) is 0.0944. The van der Waals surface area contributed by atoms with Gasteiger partial charge in [0.25, 0.3) is 13.9 Å². The van der Waals surface area contributed by atoms with Gasteiger partial charge in [0.05, 0.1) is 44.6 Å². The van der Waals surface area contributed by atoms with E-state index in [9.17, 15) is 14.4 Å². The number of hydrogen-bond acceptors (Lipinski definition) is 9. The second kappa shape index (κ2) is 17.2. The first-order valence-corrected chi connectivity index (χ1v) is 22.7. The molecule has 1 aliphatic rings. The van der Waals surface area contributed by atoms with E-state index in [-0.39, 0.29) is 42.1 Å². The molecule has 1 fully saturated rings. The van der Waals surface area contributed by atoms with Gasteiger partial charge in [-0.05, 0) is 67.2 Å². The fourth-order valence-electron chi connectivity index (χ4n) is 8.44. The highest BCUT2D eigenvalue weighted by atomic mass is 32.1. The maximum absolute atomic E-state index is 15.2. The van der Waals surface area contributed by atoms with E-state index >= 15 is 4.39 Å². The molecule has 0 aliphatic carbocycles. The van der Waals surface area contributed by atoms with E-state index in [2.05, 4.69) is 55.2 Å². The number of benzene rings is 3. The van der Waals surface area contributed by atoms with Crippen LogP contribution in [0.4, 0.5) is 4.39 Å². The van der Waals surface area contributed by atoms with Crippen LogP contribution in [0, 0.1) is 12.7 Å². The van der Waals surface area contributed by atoms with Gasteiger partial charge in [-0.1, -0.05) is 92.8 Å². The third-order valence-corrected chi connectivity index (χ3v) is 17.5. The molecule has 1 saturated heterocycles. The van der Waals surface area contributed by atoms with Crippen molar-refractivity contribution in [2.24, 2.45) is 0 Å². The Morgan fingerprint density at radius 3 is 2.17 bits per heavy atom. The van der Waals surface area contributed by atoms with Crippen LogP contribution in [0.5, 0.6) is 5.75 Å². The smallest absolute Gasteiger partial charge is 0.332 e. The number of nitrogens with zero attached hydrogens (tertiary/aromatic N) is 6. The molecule has 2 atom stereocenters. The summed E-state index contributed by atoms with van der Waals surface area (Å²) in [5.74, 6) is -0.431. The molecule has 12 nitrogen and oxygen atoms in total. The molecule has 59 heavy (non-hydrogen) atoms. The van der Waals surface area contributed by atoms with Crippen molar-refractivity contribution in [1.82, 2.24) is 29.0 Å². The molecular formula is C44H51FN6O6SSi. The fourth-order valence-corrected chi connectivity index (χ4v) is 14.2. The highest BCUT2D eigenvalue weighted by Gasteiger charge is 2.50. The number of methoxy groups -OCH3 is 1. The van der Waals surface area contributed by atoms with Gasteiger partial charge in [0.2, 0.25) is 5.91 Å². The average molecular weight is 839 g/mol. The van der Waals surface area contributed by atoms with Crippen LogP contribution in [0.1, 0.15) is 70.7 Å². The van der Waals surface area contributed by atoms with Crippen molar-refractivity contribution in [3.8, 4) is 10.8 Å². The SMILES string of the molecule is COc1ccc(F)cc1[C@H](Cn1c(=O)n(C2CCCN(C(C)C)C2=O)c(=O)c2c(C)c(-n3nccn3)sc21)OCCO[Si](c1ccccc1)(c1ccccc1)C(C)(C)C. The van der Waals surface area contributed by atoms with E-state index in [1.54, 1.807) is 11.8 Å². The van der Waals surface area contributed by atoms with Gasteiger partial charge in [0.1, 0.15) is 33.5 Å². The predicted octanol–water partition coefficient (Wildman–Crippen LogP) is 6.17. The largest absolute Gasteiger partial charge is 0.496 e. The minimum absolute atomic E-state index is 0.0722. The Morgan fingerprint density at radius 1 is 0.932 bits per heavy atom. The number of aryl methyl sites for hydroxylation is 1. The van der Waals surface area contributed by atoms with Crippen LogP contribution in [-0.4, -0.2) is 76.2 Å². The number of carbonyl (C=O) groups is 1. The van der Waals surface area contributed by atoms with Crippen LogP contribution in [0.3, 0.4) is 0 Å². The normalized spacial score (nSPS) is 15.6. The number of amides is 1. The molecule has 7 rings (SSSR count). The van der Waals surface area contributed by atoms with Crippen molar-refractivity contribution in [2.75, 3.05) is 26.9 Å². The minimum atomic E-state index is -2.94. The Labute approximate surface area is 347 Å². The van der Waals surface area contributed by atoms with Crippen LogP contribution in [0.2, 0.25) is 5.04 Å². The predicted molar refractivity (Wildman–Crippen MR) is 230 cm³/mol. The third-order valence-electron chi connectivity index (χ3n) is 11.2. The Morgan fingerprint density at radius 2 is 1.58 bits per heavy atom. The standard InChI is InChI=1S/C44H51FN6O6SSi/c1-29(2)48-24-14-19-35(39(48)52)50-40(53)38-30(3)41(51-46-22-23-47-51)58-42(38)49(43(50)54)28-37(34-27-31(45)20-21-36(34)55-7)56-25-26-57-59(44(4,5)6,32-15-10-8-11-16-32)33-17-12-9-13-18-33/h8-13,15-18,20-23,27,29,35,37H,14,19,24-26,28H2,1-7H3/t35?,37-/m0/s1. The molecule has 0 spiro atoms. The van der Waals surface area contributed by atoms with Gasteiger partial charge in [-0.2, -0.15) is 10.2 Å². The van der Waals surface area contributed by atoms with Gasteiger partial charge in [0, 0.05) is 23.7 Å². The number of ether oxygens (including phenoxy) is 2. The maximum atomic E-state index is 15.2. The van der Waals surface area contributed by atoms with E-state index in [1.165, 1.54) is 58.4 Å². The molecule has 1 amide bonds. The van der Waals surface area contributed by atoms with E-state index in [4.69, 9.17) is 13.9 Å². The Balaban J connectivity index is 1.33. The maximum Gasteiger partial charge on any atom is 0.332 e. The first-order chi connectivity index (χ1) is 28.3. The molecule has 4 heterocycles. The summed E-state index contributed by atoms with van der Waals surface area (Å²) in [6.45, 7) is 12.9. The molecular weight excluding hydrogens is 788 g/mol. The lowest BCUT2D eigenvalue weighted by Crippen LogP contribution is -2.66. The van der Waals surface area contributed by atoms with E-state index in [0.29, 0.717) is 46.1 Å². The van der Waals surface area contributed by atoms with Gasteiger partial charge in [-0.3, -0.25) is 14.2 Å². The Bertz CT molecular complexity index is 2500. The molecule has 3 aromatic carbocycles. The second-order valence-electron chi connectivity index (χ2n) is 16.1. The monoisotopic (exact) mass is 838 g/mol. The summed E-state index contributed by atoms with van der Waals surface area (Å²) >= 11 is 1.19. The first kappa shape index (κ1) is 41.9. The third kappa shape index (κ3) is 7.84. The lowest BCUT2D eigenvalue weighted by atomic mass is 10.0. The number of carbonyl (C=O) groups excluding carboxylic acids is 1. The van der Waals surface area contributed by atoms with Crippen molar-refractivity contribution in [3.63, 3.8) is 0 Å². The molecule has 310 valence electrons. The summed E-state index contributed by atoms with van der Waals surface area (Å²) in [6, 6.07) is 23.6. The average Bonchev–Trinajstić information content (AvgIpc) is 3.88. The van der Waals surface area contributed by atoms with E-state index < -0.39 is 37.5 Å². The van der Waals surface area contributed by atoms with Crippen molar-refractivity contribution >= 4 is 46.2 Å². The topological polar surface area (TPSA) is 123 Å². The molecule has 15 heteroatoms. The number of fused-ring (bicyclic) bond motifs is 1. The minimum Gasteiger partial charge on any atom is -0.496 e. The molecule has 1 aliphatic heterocycles. The summed E-state index contributed by atoms with van der Waals surface area (Å²) in [6.07, 6.45) is 3.06. The van der Waals surface area contributed by atoms with E-state index in [1.807, 2.05) is 50.2 Å². The summed E-state index contributed by atoms with van der Waals surface area (Å²) in [5.41, 5.74) is -0.285. The highest BCUT2D eigenvalue weighted by molar-refractivity contribution is 7.21. The Hall–Kier alpha value is -5.22. The fraction of sp³-hybridized carbons (Fsp3) is 0.386. The second-order valence-corrected chi connectivity index (χ2v) is 21.4. The summed E-state index contributed by atoms with van der Waals surface area (Å²) < 4.78 is 37.3. The molecule has 1 unspecified atom stereocenters. The zero-order valence-electron chi connectivity index (χ0n) is 34.6. The van der Waals surface area contributed by atoms with E-state index in [0.717, 1.165) is 14.9 Å². The van der Waals surface area contributed by atoms with Crippen molar-refractivity contribution < 1.29 is 23.1 Å². The lowest BCUT2D eigenvalue weighted by molar-refractivity contribution is -0.139. The molecule has 0 saturated carbocycles. The van der Waals surface area contributed by atoms with Crippen LogP contribution >= 0.6 is 11.3 Å². The van der Waals surface area contributed by atoms with Crippen molar-refractivity contribution in [3.05, 3.63) is 129 Å². The van der Waals surface area contributed by atoms with Gasteiger partial charge in [0.15, 0.2) is 0 Å². The molecule has 0 N–H and O–H groups in total. The number of piperidine rings is 1. The van der Waals surface area contributed by atoms with Gasteiger partial charge in [-0.25, -0.2) is 13.8 Å². The molecule has 3 aromatic heterocycles. The van der Waals surface area contributed by atoms with Crippen LogP contribution in [0.15, 0.2) is 101 Å². The number of likely N-dealkylation sites (tertiary alicyclic amines) is 1. The number of aromatic nitrogens is 5. The summed E-state index contributed by atoms with van der Waals surface area (Å²) in [7, 11) is -1.44. The number of halogens is 1. The first-order valence-electron chi connectivity index (χ1n) is 19.9. The lowest BCUT2D eigenvalue weighted by Gasteiger charge is -2.43. The van der Waals surface area contributed by atoms with Gasteiger partial charge in [-0.15, -0.1) is 4.80 Å². The van der Waals surface area contributed by atoms with Crippen LogP contribution in [0.25, 0.3) is 15.2 Å². The van der Waals surface area contributed by atoms with Crippen LogP contribution in [-0.2, 0) is 20.5 Å². The van der Waals surface area contributed by atoms with Gasteiger partial charge >= 0.3 is 5.69 Å². The number of hydrogen-bond donors (Lipinski definition) is 0. The molecule has 0 bridgehead atoms. The van der Waals surface area contributed by atoms with Crippen LogP contribution < -0.4 is 26.4 Å². The van der Waals surface area contributed by atoms with Gasteiger partial charge < -0.3 is 18.8 Å². The van der Waals surface area contributed by atoms with Crippen molar-refractivity contribution in [2.45, 2.75) is 84.2 Å². The highest BCUT2D eigenvalue weighted by Crippen LogP contribution is 2.38. The number of thiophene rings is 1. The molecule has 6 aromatic rings. The zero-order valence-corrected chi connectivity index (χ0v) is 36.4. The molecule has 0 radical (unpaired) electrons. The number of rotatable bonds is 14. The summed E-state index contributed by atoms with van der Waals surface area (Å²) in [4.78, 5) is 47.0.